The van der Waals surface area contributed by atoms with E-state index in [1.807, 2.05) is 0 Å². The van der Waals surface area contributed by atoms with Crippen LogP contribution in [0.5, 0.6) is 0 Å². The molecule has 0 amide bonds. The number of aryl methyl sites for hydroxylation is 1. The second-order valence-electron chi connectivity index (χ2n) is 6.32. The first-order valence-electron chi connectivity index (χ1n) is 8.01. The maximum absolute atomic E-state index is 6.85. The Kier molecular flexibility index (Phi) is 5.94. The van der Waals surface area contributed by atoms with Crippen molar-refractivity contribution in [1.29, 1.82) is 0 Å². The van der Waals surface area contributed by atoms with Crippen molar-refractivity contribution in [3.8, 4) is 0 Å². The quantitative estimate of drug-likeness (QED) is 0.711. The van der Waals surface area contributed by atoms with Gasteiger partial charge in [0.15, 0.2) is 0 Å². The van der Waals surface area contributed by atoms with Crippen molar-refractivity contribution < 1.29 is 0 Å². The molecule has 0 aromatic heterocycles. The molecule has 0 radical (unpaired) electrons. The van der Waals surface area contributed by atoms with Gasteiger partial charge in [-0.25, -0.2) is 0 Å². The van der Waals surface area contributed by atoms with Gasteiger partial charge in [0.25, 0.3) is 0 Å². The van der Waals surface area contributed by atoms with Gasteiger partial charge in [-0.05, 0) is 59.2 Å². The van der Waals surface area contributed by atoms with Crippen LogP contribution in [0.1, 0.15) is 45.6 Å². The van der Waals surface area contributed by atoms with E-state index in [4.69, 9.17) is 11.2 Å². The van der Waals surface area contributed by atoms with Gasteiger partial charge in [0.05, 0.1) is 7.43 Å². The SMILES string of the molecule is CCCN(C)P(Cl)c1cc(C)ccc1N1C(C)CCC1C. The molecule has 118 valence electrons. The molecular formula is C17H28ClN2P. The van der Waals surface area contributed by atoms with Crippen LogP contribution in [0.3, 0.4) is 0 Å². The van der Waals surface area contributed by atoms with Crippen molar-refractivity contribution >= 4 is 29.7 Å². The third-order valence-electron chi connectivity index (χ3n) is 4.41. The average Bonchev–Trinajstić information content (AvgIpc) is 2.78. The Morgan fingerprint density at radius 3 is 2.48 bits per heavy atom. The van der Waals surface area contributed by atoms with Crippen LogP contribution in [0.15, 0.2) is 18.2 Å². The molecule has 0 aliphatic carbocycles. The molecule has 1 aromatic carbocycles. The molecule has 1 heterocycles. The van der Waals surface area contributed by atoms with E-state index in [9.17, 15) is 0 Å². The fourth-order valence-electron chi connectivity index (χ4n) is 3.26. The first-order chi connectivity index (χ1) is 9.95. The first-order valence-corrected chi connectivity index (χ1v) is 10.2. The minimum atomic E-state index is -0.770. The minimum Gasteiger partial charge on any atom is -0.366 e. The molecule has 2 nitrogen and oxygen atoms in total. The second-order valence-corrected chi connectivity index (χ2v) is 8.96. The second kappa shape index (κ2) is 7.31. The highest BCUT2D eigenvalue weighted by molar-refractivity contribution is 7.88. The number of hydrogen-bond donors (Lipinski definition) is 0. The van der Waals surface area contributed by atoms with Crippen molar-refractivity contribution in [3.63, 3.8) is 0 Å². The predicted molar refractivity (Wildman–Crippen MR) is 97.1 cm³/mol. The summed E-state index contributed by atoms with van der Waals surface area (Å²) in [7, 11) is 1.37. The van der Waals surface area contributed by atoms with E-state index >= 15 is 0 Å². The van der Waals surface area contributed by atoms with Gasteiger partial charge in [-0.15, -0.1) is 0 Å². The zero-order valence-corrected chi connectivity index (χ0v) is 15.6. The van der Waals surface area contributed by atoms with E-state index in [1.165, 1.54) is 29.4 Å². The molecule has 1 saturated heterocycles. The monoisotopic (exact) mass is 326 g/mol. The zero-order valence-electron chi connectivity index (χ0n) is 13.9. The van der Waals surface area contributed by atoms with Crippen LogP contribution in [0.25, 0.3) is 0 Å². The highest BCUT2D eigenvalue weighted by atomic mass is 35.7. The van der Waals surface area contributed by atoms with Crippen molar-refractivity contribution in [3.05, 3.63) is 23.8 Å². The average molecular weight is 327 g/mol. The number of nitrogens with zero attached hydrogens (tertiary/aromatic N) is 2. The van der Waals surface area contributed by atoms with Crippen molar-refractivity contribution in [2.75, 3.05) is 18.5 Å². The lowest BCUT2D eigenvalue weighted by atomic mass is 10.2. The number of anilines is 1. The molecule has 0 saturated carbocycles. The summed E-state index contributed by atoms with van der Waals surface area (Å²) in [5, 5.41) is 1.32. The van der Waals surface area contributed by atoms with Gasteiger partial charge < -0.3 is 4.90 Å². The van der Waals surface area contributed by atoms with Gasteiger partial charge in [-0.1, -0.05) is 29.8 Å². The van der Waals surface area contributed by atoms with E-state index in [-0.39, 0.29) is 0 Å². The Bertz CT molecular complexity index is 470. The van der Waals surface area contributed by atoms with Gasteiger partial charge in [-0.2, -0.15) is 0 Å². The van der Waals surface area contributed by atoms with Crippen LogP contribution in [-0.2, 0) is 0 Å². The van der Waals surface area contributed by atoms with Gasteiger partial charge in [-0.3, -0.25) is 4.67 Å². The summed E-state index contributed by atoms with van der Waals surface area (Å²) < 4.78 is 2.31. The summed E-state index contributed by atoms with van der Waals surface area (Å²) in [4.78, 5) is 2.58. The molecule has 3 unspecified atom stereocenters. The maximum atomic E-state index is 6.85. The molecule has 0 N–H and O–H groups in total. The van der Waals surface area contributed by atoms with Crippen molar-refractivity contribution in [2.45, 2.75) is 59.0 Å². The van der Waals surface area contributed by atoms with E-state index in [2.05, 4.69) is 62.5 Å². The topological polar surface area (TPSA) is 6.48 Å². The Hall–Kier alpha value is -0.300. The summed E-state index contributed by atoms with van der Waals surface area (Å²) in [6.07, 6.45) is 3.69. The smallest absolute Gasteiger partial charge is 0.0964 e. The van der Waals surface area contributed by atoms with Gasteiger partial charge in [0, 0.05) is 29.6 Å². The fourth-order valence-corrected chi connectivity index (χ4v) is 5.33. The van der Waals surface area contributed by atoms with E-state index < -0.39 is 7.43 Å². The molecule has 21 heavy (non-hydrogen) atoms. The lowest BCUT2D eigenvalue weighted by Crippen LogP contribution is -2.36. The van der Waals surface area contributed by atoms with Crippen LogP contribution in [0, 0.1) is 6.92 Å². The first kappa shape index (κ1) is 17.1. The predicted octanol–water partition coefficient (Wildman–Crippen LogP) is 4.89. The molecule has 1 aromatic rings. The summed E-state index contributed by atoms with van der Waals surface area (Å²) in [6, 6.07) is 8.01. The Labute approximate surface area is 136 Å². The van der Waals surface area contributed by atoms with Crippen molar-refractivity contribution in [1.82, 2.24) is 4.67 Å². The van der Waals surface area contributed by atoms with Gasteiger partial charge in [0.1, 0.15) is 0 Å². The molecule has 1 aliphatic rings. The normalized spacial score (nSPS) is 23.9. The molecule has 4 heteroatoms. The lowest BCUT2D eigenvalue weighted by Gasteiger charge is -2.33. The summed E-state index contributed by atoms with van der Waals surface area (Å²) in [5.74, 6) is 0. The molecule has 1 fully saturated rings. The van der Waals surface area contributed by atoms with Gasteiger partial charge >= 0.3 is 0 Å². The number of halogens is 1. The van der Waals surface area contributed by atoms with E-state index in [0.29, 0.717) is 12.1 Å². The molecule has 3 atom stereocenters. The highest BCUT2D eigenvalue weighted by Gasteiger charge is 2.30. The Balaban J connectivity index is 2.38. The standard InChI is InChI=1S/C17H28ClN2P/c1-6-11-19(5)21(18)17-12-13(2)7-10-16(17)20-14(3)8-9-15(20)4/h7,10,12,14-15H,6,8-9,11H2,1-5H3. The zero-order chi connectivity index (χ0) is 15.6. The third kappa shape index (κ3) is 3.73. The number of benzene rings is 1. The fraction of sp³-hybridized carbons (Fsp3) is 0.647. The minimum absolute atomic E-state index is 0.609. The summed E-state index contributed by atoms with van der Waals surface area (Å²) >= 11 is 6.85. The highest BCUT2D eigenvalue weighted by Crippen LogP contribution is 2.47. The number of hydrogen-bond acceptors (Lipinski definition) is 2. The largest absolute Gasteiger partial charge is 0.366 e. The molecule has 2 rings (SSSR count). The summed E-state index contributed by atoms with van der Waals surface area (Å²) in [6.45, 7) is 10.1. The van der Waals surface area contributed by atoms with Crippen LogP contribution in [0.2, 0.25) is 0 Å². The van der Waals surface area contributed by atoms with Crippen LogP contribution in [0.4, 0.5) is 5.69 Å². The molecule has 1 aliphatic heterocycles. The van der Waals surface area contributed by atoms with Crippen LogP contribution >= 0.6 is 18.7 Å². The van der Waals surface area contributed by atoms with E-state index in [0.717, 1.165) is 13.0 Å². The summed E-state index contributed by atoms with van der Waals surface area (Å²) in [5.41, 5.74) is 2.65. The molecular weight excluding hydrogens is 299 g/mol. The Morgan fingerprint density at radius 2 is 1.90 bits per heavy atom. The number of rotatable bonds is 5. The maximum Gasteiger partial charge on any atom is 0.0964 e. The molecule has 0 bridgehead atoms. The van der Waals surface area contributed by atoms with Crippen LogP contribution in [-0.4, -0.2) is 30.3 Å². The lowest BCUT2D eigenvalue weighted by molar-refractivity contribution is 0.551. The van der Waals surface area contributed by atoms with Crippen molar-refractivity contribution in [2.24, 2.45) is 0 Å². The third-order valence-corrected chi connectivity index (χ3v) is 7.28. The van der Waals surface area contributed by atoms with Gasteiger partial charge in [0.2, 0.25) is 0 Å². The Morgan fingerprint density at radius 1 is 1.29 bits per heavy atom. The van der Waals surface area contributed by atoms with E-state index in [1.54, 1.807) is 0 Å². The molecule has 0 spiro atoms. The van der Waals surface area contributed by atoms with Crippen LogP contribution < -0.4 is 10.2 Å².